The molecule has 0 N–H and O–H groups in total. The second-order valence-corrected chi connectivity index (χ2v) is 11.5. The molecule has 0 aromatic heterocycles. The number of hydrogen-bond acceptors (Lipinski definition) is 1. The minimum absolute atomic E-state index is 0.0958. The van der Waals surface area contributed by atoms with E-state index in [0.29, 0.717) is 16.5 Å². The third-order valence-corrected chi connectivity index (χ3v) is 9.12. The first-order valence-electron chi connectivity index (χ1n) is 13.2. The van der Waals surface area contributed by atoms with Crippen molar-refractivity contribution < 1.29 is 39.9 Å². The molecular formula is C32H23Br3F8O. The van der Waals surface area contributed by atoms with Gasteiger partial charge in [0.15, 0.2) is 34.9 Å². The number of benzene rings is 4. The minimum Gasteiger partial charge on any atom is -0.450 e. The van der Waals surface area contributed by atoms with Gasteiger partial charge in [-0.15, -0.1) is 0 Å². The molecule has 0 spiro atoms. The van der Waals surface area contributed by atoms with Crippen LogP contribution in [-0.2, 0) is 28.8 Å². The molecule has 12 heteroatoms. The van der Waals surface area contributed by atoms with Crippen molar-refractivity contribution in [2.75, 3.05) is 0 Å². The fourth-order valence-electron chi connectivity index (χ4n) is 5.16. The monoisotopic (exact) mass is 812 g/mol. The Balaban J connectivity index is 1.89. The minimum atomic E-state index is -2.30. The summed E-state index contributed by atoms with van der Waals surface area (Å²) < 4.78 is 125. The number of hydrogen-bond donors (Lipinski definition) is 0. The number of halogens is 11. The van der Waals surface area contributed by atoms with Gasteiger partial charge in [-0.3, -0.25) is 0 Å². The standard InChI is InChI=1S/C32H23Br3F8O/c1-4-19-13(3)6-14(7-16(19)10-33)15-8-17(11-34)31(18(9-15)12-35)44-32-29(42)27(40)22(28(41)30(32)43)21-25(38)23(36)20(5-2)24(37)26(21)39/h6-9H,4-5,10-12H2,1-3H3. The van der Waals surface area contributed by atoms with Crippen molar-refractivity contribution in [3.05, 3.63) is 104 Å². The van der Waals surface area contributed by atoms with Crippen LogP contribution < -0.4 is 4.74 Å². The molecule has 0 radical (unpaired) electrons. The normalized spacial score (nSPS) is 11.4. The number of rotatable bonds is 9. The molecule has 4 rings (SSSR count). The molecule has 4 aromatic rings. The van der Waals surface area contributed by atoms with E-state index in [9.17, 15) is 17.6 Å². The molecule has 44 heavy (non-hydrogen) atoms. The molecule has 0 bridgehead atoms. The van der Waals surface area contributed by atoms with E-state index in [0.717, 1.165) is 28.7 Å². The molecule has 0 aliphatic carbocycles. The summed E-state index contributed by atoms with van der Waals surface area (Å²) in [6.45, 7) is 5.22. The first-order chi connectivity index (χ1) is 20.9. The highest BCUT2D eigenvalue weighted by Crippen LogP contribution is 2.44. The molecule has 0 unspecified atom stereocenters. The SMILES string of the molecule is CCc1c(C)cc(-c2cc(CBr)c(Oc3c(F)c(F)c(-c4c(F)c(F)c(CC)c(F)c4F)c(F)c3F)c(CBr)c2)cc1CBr. The van der Waals surface area contributed by atoms with Gasteiger partial charge in [0.2, 0.25) is 17.4 Å². The van der Waals surface area contributed by atoms with Crippen LogP contribution in [0.3, 0.4) is 0 Å². The van der Waals surface area contributed by atoms with Crippen molar-refractivity contribution in [1.29, 1.82) is 0 Å². The molecule has 0 heterocycles. The highest BCUT2D eigenvalue weighted by atomic mass is 79.9. The first kappa shape index (κ1) is 34.4. The van der Waals surface area contributed by atoms with Crippen LogP contribution in [0.5, 0.6) is 11.5 Å². The van der Waals surface area contributed by atoms with E-state index in [1.165, 1.54) is 12.5 Å². The quantitative estimate of drug-likeness (QED) is 0.0929. The van der Waals surface area contributed by atoms with Crippen LogP contribution in [0, 0.1) is 53.5 Å². The highest BCUT2D eigenvalue weighted by molar-refractivity contribution is 9.09. The Morgan fingerprint density at radius 3 is 1.30 bits per heavy atom. The molecule has 0 atom stereocenters. The number of aryl methyl sites for hydroxylation is 1. The number of alkyl halides is 3. The topological polar surface area (TPSA) is 9.23 Å². The smallest absolute Gasteiger partial charge is 0.205 e. The molecule has 0 saturated carbocycles. The van der Waals surface area contributed by atoms with Gasteiger partial charge in [-0.2, -0.15) is 8.78 Å². The third-order valence-electron chi connectivity index (χ3n) is 7.31. The molecule has 0 saturated heterocycles. The van der Waals surface area contributed by atoms with Crippen LogP contribution in [0.15, 0.2) is 24.3 Å². The van der Waals surface area contributed by atoms with Crippen molar-refractivity contribution in [2.24, 2.45) is 0 Å². The summed E-state index contributed by atoms with van der Waals surface area (Å²) in [7, 11) is 0. The molecule has 0 fully saturated rings. The van der Waals surface area contributed by atoms with Crippen LogP contribution in [0.25, 0.3) is 22.3 Å². The van der Waals surface area contributed by atoms with Crippen LogP contribution >= 0.6 is 47.8 Å². The Bertz CT molecular complexity index is 1690. The van der Waals surface area contributed by atoms with Crippen LogP contribution in [0.2, 0.25) is 0 Å². The molecule has 0 aliphatic heterocycles. The van der Waals surface area contributed by atoms with Gasteiger partial charge >= 0.3 is 0 Å². The van der Waals surface area contributed by atoms with Gasteiger partial charge in [-0.05, 0) is 59.7 Å². The largest absolute Gasteiger partial charge is 0.450 e. The van der Waals surface area contributed by atoms with Gasteiger partial charge in [-0.1, -0.05) is 73.8 Å². The van der Waals surface area contributed by atoms with Crippen molar-refractivity contribution in [2.45, 2.75) is 49.6 Å². The second-order valence-electron chi connectivity index (χ2n) is 9.83. The zero-order valence-corrected chi connectivity index (χ0v) is 28.2. The van der Waals surface area contributed by atoms with Crippen molar-refractivity contribution in [1.82, 2.24) is 0 Å². The lowest BCUT2D eigenvalue weighted by Crippen LogP contribution is -2.10. The summed E-state index contributed by atoms with van der Waals surface area (Å²) in [6.07, 6.45) is 0.327. The van der Waals surface area contributed by atoms with Gasteiger partial charge < -0.3 is 4.74 Å². The zero-order valence-electron chi connectivity index (χ0n) is 23.4. The van der Waals surface area contributed by atoms with Crippen molar-refractivity contribution in [3.8, 4) is 33.8 Å². The fourth-order valence-corrected chi connectivity index (χ4v) is 6.50. The predicted molar refractivity (Wildman–Crippen MR) is 165 cm³/mol. The van der Waals surface area contributed by atoms with E-state index >= 15 is 17.6 Å². The molecule has 0 aliphatic rings. The lowest BCUT2D eigenvalue weighted by molar-refractivity contribution is 0.364. The molecule has 234 valence electrons. The maximum Gasteiger partial charge on any atom is 0.205 e. The van der Waals surface area contributed by atoms with Crippen molar-refractivity contribution >= 4 is 47.8 Å². The van der Waals surface area contributed by atoms with Gasteiger partial charge in [0.1, 0.15) is 5.75 Å². The van der Waals surface area contributed by atoms with Gasteiger partial charge in [0, 0.05) is 32.7 Å². The number of ether oxygens (including phenoxy) is 1. The van der Waals surface area contributed by atoms with E-state index in [2.05, 4.69) is 47.8 Å². The van der Waals surface area contributed by atoms with Gasteiger partial charge in [0.05, 0.1) is 11.1 Å². The van der Waals surface area contributed by atoms with Crippen molar-refractivity contribution in [3.63, 3.8) is 0 Å². The summed E-state index contributed by atoms with van der Waals surface area (Å²) in [5, 5.41) is 0.807. The highest BCUT2D eigenvalue weighted by Gasteiger charge is 2.35. The van der Waals surface area contributed by atoms with E-state index in [1.54, 1.807) is 12.1 Å². The van der Waals surface area contributed by atoms with Gasteiger partial charge in [0.25, 0.3) is 0 Å². The zero-order chi connectivity index (χ0) is 32.6. The average molecular weight is 815 g/mol. The lowest BCUT2D eigenvalue weighted by atomic mass is 9.92. The summed E-state index contributed by atoms with van der Waals surface area (Å²) in [5.74, 6) is -18.9. The van der Waals surface area contributed by atoms with Gasteiger partial charge in [-0.25, -0.2) is 26.3 Å². The Hall–Kier alpha value is -2.44. The van der Waals surface area contributed by atoms with E-state index in [4.69, 9.17) is 4.74 Å². The Kier molecular flexibility index (Phi) is 10.9. The van der Waals surface area contributed by atoms with E-state index in [1.807, 2.05) is 26.0 Å². The Morgan fingerprint density at radius 2 is 0.886 bits per heavy atom. The summed E-state index contributed by atoms with van der Waals surface area (Å²) >= 11 is 10.1. The van der Waals surface area contributed by atoms with Crippen LogP contribution in [0.4, 0.5) is 35.1 Å². The summed E-state index contributed by atoms with van der Waals surface area (Å²) in [6, 6.07) is 7.36. The predicted octanol–water partition coefficient (Wildman–Crippen LogP) is 12.0. The summed E-state index contributed by atoms with van der Waals surface area (Å²) in [4.78, 5) is 0. The maximum absolute atomic E-state index is 15.3. The average Bonchev–Trinajstić information content (AvgIpc) is 3.02. The molecule has 1 nitrogen and oxygen atoms in total. The molecular weight excluding hydrogens is 792 g/mol. The second kappa shape index (κ2) is 13.9. The first-order valence-corrected chi connectivity index (χ1v) is 16.6. The van der Waals surface area contributed by atoms with Crippen LogP contribution in [0.1, 0.15) is 47.2 Å². The Labute approximate surface area is 274 Å². The van der Waals surface area contributed by atoms with E-state index < -0.39 is 75.4 Å². The fraction of sp³-hybridized carbons (Fsp3) is 0.250. The maximum atomic E-state index is 15.3. The molecule has 0 amide bonds. The van der Waals surface area contributed by atoms with Crippen LogP contribution in [-0.4, -0.2) is 0 Å². The summed E-state index contributed by atoms with van der Waals surface area (Å²) in [5.41, 5.74) is 0.724. The van der Waals surface area contributed by atoms with E-state index in [-0.39, 0.29) is 16.4 Å². The lowest BCUT2D eigenvalue weighted by Gasteiger charge is -2.19. The Morgan fingerprint density at radius 1 is 0.500 bits per heavy atom. The molecule has 4 aromatic carbocycles. The third kappa shape index (κ3) is 5.93.